The second-order valence-corrected chi connectivity index (χ2v) is 4.50. The Morgan fingerprint density at radius 3 is 2.89 bits per heavy atom. The zero-order valence-corrected chi connectivity index (χ0v) is 10.7. The fourth-order valence-corrected chi connectivity index (χ4v) is 1.92. The molecule has 3 N–H and O–H groups in total. The number of hydrogen-bond acceptors (Lipinski definition) is 5. The molecule has 2 aromatic rings. The van der Waals surface area contributed by atoms with E-state index in [2.05, 4.69) is 10.3 Å². The van der Waals surface area contributed by atoms with Gasteiger partial charge in [-0.2, -0.15) is 0 Å². The number of nitrogens with two attached hydrogens (primary N) is 1. The van der Waals surface area contributed by atoms with Crippen LogP contribution in [0.4, 0.5) is 11.4 Å². The highest BCUT2D eigenvalue weighted by Gasteiger charge is 2.13. The first kappa shape index (κ1) is 13.2. The van der Waals surface area contributed by atoms with E-state index in [1.165, 1.54) is 12.3 Å². The number of hydrogen-bond donors (Lipinski definition) is 2. The Bertz CT molecular complexity index is 598. The van der Waals surface area contributed by atoms with E-state index in [1.54, 1.807) is 18.3 Å². The topological polar surface area (TPSA) is 94.1 Å². The summed E-state index contributed by atoms with van der Waals surface area (Å²) in [5, 5.41) is 15.6. The summed E-state index contributed by atoms with van der Waals surface area (Å²) in [6.45, 7) is 2.67. The smallest absolute Gasteiger partial charge is 0.278 e. The van der Waals surface area contributed by atoms with Gasteiger partial charge in [0.25, 0.3) is 5.69 Å². The van der Waals surface area contributed by atoms with Crippen molar-refractivity contribution in [2.75, 3.05) is 11.9 Å². The van der Waals surface area contributed by atoms with Gasteiger partial charge in [-0.05, 0) is 25.5 Å². The molecule has 0 bridgehead atoms. The lowest BCUT2D eigenvalue weighted by atomic mass is 10.1. The highest BCUT2D eigenvalue weighted by Crippen LogP contribution is 2.30. The van der Waals surface area contributed by atoms with Gasteiger partial charge in [-0.3, -0.25) is 15.1 Å². The van der Waals surface area contributed by atoms with Gasteiger partial charge in [-0.25, -0.2) is 0 Å². The normalized spacial score (nSPS) is 12.3. The molecule has 1 aromatic carbocycles. The molecule has 1 unspecified atom stereocenters. The third-order valence-corrected chi connectivity index (χ3v) is 2.91. The average molecular weight is 260 g/mol. The molecule has 100 valence electrons. The van der Waals surface area contributed by atoms with Crippen molar-refractivity contribution in [2.24, 2.45) is 5.73 Å². The van der Waals surface area contributed by atoms with E-state index in [-0.39, 0.29) is 11.7 Å². The van der Waals surface area contributed by atoms with Crippen LogP contribution in [-0.4, -0.2) is 22.5 Å². The first-order valence-corrected chi connectivity index (χ1v) is 6.10. The van der Waals surface area contributed by atoms with Crippen molar-refractivity contribution in [1.29, 1.82) is 0 Å². The Kier molecular flexibility index (Phi) is 3.91. The van der Waals surface area contributed by atoms with Crippen LogP contribution in [0, 0.1) is 10.1 Å². The predicted octanol–water partition coefficient (Wildman–Crippen LogP) is 2.29. The monoisotopic (exact) mass is 260 g/mol. The van der Waals surface area contributed by atoms with Gasteiger partial charge in [-0.1, -0.05) is 0 Å². The van der Waals surface area contributed by atoms with Crippen molar-refractivity contribution in [3.8, 4) is 0 Å². The summed E-state index contributed by atoms with van der Waals surface area (Å²) in [5.74, 6) is 0. The van der Waals surface area contributed by atoms with E-state index in [0.29, 0.717) is 5.39 Å². The SMILES string of the molecule is CC(N)CCNc1ccc([N+](=O)[O-])c2cnccc12. The van der Waals surface area contributed by atoms with Gasteiger partial charge in [0, 0.05) is 42.1 Å². The lowest BCUT2D eigenvalue weighted by molar-refractivity contribution is -0.383. The molecule has 1 heterocycles. The van der Waals surface area contributed by atoms with E-state index in [1.807, 2.05) is 6.92 Å². The van der Waals surface area contributed by atoms with Gasteiger partial charge < -0.3 is 11.1 Å². The Hall–Kier alpha value is -2.21. The number of aromatic nitrogens is 1. The molecule has 0 aliphatic rings. The van der Waals surface area contributed by atoms with E-state index in [9.17, 15) is 10.1 Å². The number of nitrogens with one attached hydrogen (secondary N) is 1. The number of non-ortho nitro benzene ring substituents is 1. The number of pyridine rings is 1. The molecule has 19 heavy (non-hydrogen) atoms. The maximum Gasteiger partial charge on any atom is 0.278 e. The molecule has 0 saturated heterocycles. The summed E-state index contributed by atoms with van der Waals surface area (Å²) in [5.41, 5.74) is 6.63. The molecule has 6 heteroatoms. The minimum Gasteiger partial charge on any atom is -0.384 e. The largest absolute Gasteiger partial charge is 0.384 e. The molecule has 0 amide bonds. The van der Waals surface area contributed by atoms with E-state index in [4.69, 9.17) is 5.73 Å². The first-order chi connectivity index (χ1) is 9.09. The number of nitrogens with zero attached hydrogens (tertiary/aromatic N) is 2. The van der Waals surface area contributed by atoms with Crippen LogP contribution in [0.15, 0.2) is 30.6 Å². The fraction of sp³-hybridized carbons (Fsp3) is 0.308. The summed E-state index contributed by atoms with van der Waals surface area (Å²) in [6, 6.07) is 5.12. The van der Waals surface area contributed by atoms with Crippen LogP contribution in [0.5, 0.6) is 0 Å². The number of nitro benzene ring substituents is 1. The van der Waals surface area contributed by atoms with Gasteiger partial charge in [-0.15, -0.1) is 0 Å². The van der Waals surface area contributed by atoms with Gasteiger partial charge in [0.15, 0.2) is 0 Å². The number of nitro groups is 1. The van der Waals surface area contributed by atoms with Gasteiger partial charge in [0.1, 0.15) is 0 Å². The summed E-state index contributed by atoms with van der Waals surface area (Å²) in [4.78, 5) is 14.5. The average Bonchev–Trinajstić information content (AvgIpc) is 2.38. The Morgan fingerprint density at radius 2 is 2.21 bits per heavy atom. The lowest BCUT2D eigenvalue weighted by Gasteiger charge is -2.11. The standard InChI is InChI=1S/C13H16N4O2/c1-9(14)4-7-16-12-2-3-13(17(18)19)11-8-15-6-5-10(11)12/h2-3,5-6,8-9,16H,4,7,14H2,1H3. The van der Waals surface area contributed by atoms with Crippen molar-refractivity contribution in [3.05, 3.63) is 40.7 Å². The predicted molar refractivity (Wildman–Crippen MR) is 75.2 cm³/mol. The molecule has 6 nitrogen and oxygen atoms in total. The molecule has 1 atom stereocenters. The summed E-state index contributed by atoms with van der Waals surface area (Å²) >= 11 is 0. The molecule has 0 aliphatic carbocycles. The molecule has 1 aromatic heterocycles. The van der Waals surface area contributed by atoms with Gasteiger partial charge >= 0.3 is 0 Å². The van der Waals surface area contributed by atoms with Gasteiger partial charge in [0.05, 0.1) is 10.3 Å². The maximum absolute atomic E-state index is 11.0. The zero-order chi connectivity index (χ0) is 13.8. The van der Waals surface area contributed by atoms with Crippen LogP contribution < -0.4 is 11.1 Å². The molecule has 0 radical (unpaired) electrons. The number of anilines is 1. The van der Waals surface area contributed by atoms with E-state index < -0.39 is 4.92 Å². The second-order valence-electron chi connectivity index (χ2n) is 4.50. The zero-order valence-electron chi connectivity index (χ0n) is 10.7. The van der Waals surface area contributed by atoms with Crippen molar-refractivity contribution in [2.45, 2.75) is 19.4 Å². The quantitative estimate of drug-likeness (QED) is 0.635. The van der Waals surface area contributed by atoms with E-state index >= 15 is 0 Å². The van der Waals surface area contributed by atoms with Crippen LogP contribution in [0.1, 0.15) is 13.3 Å². The molecule has 0 fully saturated rings. The highest BCUT2D eigenvalue weighted by atomic mass is 16.6. The third-order valence-electron chi connectivity index (χ3n) is 2.91. The van der Waals surface area contributed by atoms with Crippen LogP contribution in [0.2, 0.25) is 0 Å². The summed E-state index contributed by atoms with van der Waals surface area (Å²) < 4.78 is 0. The van der Waals surface area contributed by atoms with Crippen molar-refractivity contribution < 1.29 is 4.92 Å². The third kappa shape index (κ3) is 2.97. The molecule has 0 aliphatic heterocycles. The van der Waals surface area contributed by atoms with Crippen LogP contribution in [-0.2, 0) is 0 Å². The number of benzene rings is 1. The van der Waals surface area contributed by atoms with Crippen LogP contribution in [0.3, 0.4) is 0 Å². The van der Waals surface area contributed by atoms with Crippen molar-refractivity contribution in [1.82, 2.24) is 4.98 Å². The Balaban J connectivity index is 2.36. The molecule has 0 spiro atoms. The maximum atomic E-state index is 11.0. The first-order valence-electron chi connectivity index (χ1n) is 6.10. The summed E-state index contributed by atoms with van der Waals surface area (Å²) in [6.07, 6.45) is 3.98. The lowest BCUT2D eigenvalue weighted by Crippen LogP contribution is -2.19. The molecular formula is C13H16N4O2. The minimum atomic E-state index is -0.393. The summed E-state index contributed by atoms with van der Waals surface area (Å²) in [7, 11) is 0. The fourth-order valence-electron chi connectivity index (χ4n) is 1.92. The minimum absolute atomic E-state index is 0.0702. The number of rotatable bonds is 5. The van der Waals surface area contributed by atoms with Gasteiger partial charge in [0.2, 0.25) is 0 Å². The van der Waals surface area contributed by atoms with E-state index in [0.717, 1.165) is 24.0 Å². The molecular weight excluding hydrogens is 244 g/mol. The van der Waals surface area contributed by atoms with Crippen LogP contribution in [0.25, 0.3) is 10.8 Å². The molecule has 2 rings (SSSR count). The highest BCUT2D eigenvalue weighted by molar-refractivity contribution is 5.99. The Labute approximate surface area is 110 Å². The van der Waals surface area contributed by atoms with Crippen molar-refractivity contribution in [3.63, 3.8) is 0 Å². The van der Waals surface area contributed by atoms with Crippen molar-refractivity contribution >= 4 is 22.1 Å². The number of fused-ring (bicyclic) bond motifs is 1. The van der Waals surface area contributed by atoms with Crippen LogP contribution >= 0.6 is 0 Å². The molecule has 0 saturated carbocycles. The second kappa shape index (κ2) is 5.62. The Morgan fingerprint density at radius 1 is 1.42 bits per heavy atom.